The molecule has 1 aliphatic heterocycles. The number of fused-ring (bicyclic) bond motifs is 2. The number of aromatic nitrogens is 2. The van der Waals surface area contributed by atoms with Crippen molar-refractivity contribution >= 4 is 43.6 Å². The minimum atomic E-state index is -3.33. The van der Waals surface area contributed by atoms with Crippen molar-refractivity contribution in [2.75, 3.05) is 22.4 Å². The zero-order chi connectivity index (χ0) is 21.6. The molecule has 2 aromatic heterocycles. The third-order valence-corrected chi connectivity index (χ3v) is 7.30. The van der Waals surface area contributed by atoms with Crippen LogP contribution in [-0.2, 0) is 16.4 Å². The summed E-state index contributed by atoms with van der Waals surface area (Å²) in [5.41, 5.74) is 4.59. The Morgan fingerprint density at radius 2 is 1.97 bits per heavy atom. The number of imidazole rings is 1. The molecular formula is C22H20N4O3S2. The molecule has 0 atom stereocenters. The van der Waals surface area contributed by atoms with Crippen LogP contribution in [0, 0.1) is 0 Å². The van der Waals surface area contributed by atoms with Crippen LogP contribution in [0.3, 0.4) is 0 Å². The van der Waals surface area contributed by atoms with Gasteiger partial charge in [-0.15, -0.1) is 11.3 Å². The summed E-state index contributed by atoms with van der Waals surface area (Å²) in [7, 11) is -3.33. The molecule has 158 valence electrons. The van der Waals surface area contributed by atoms with Crippen molar-refractivity contribution in [1.29, 1.82) is 0 Å². The Labute approximate surface area is 184 Å². The lowest BCUT2D eigenvalue weighted by Gasteiger charge is -2.29. The average molecular weight is 453 g/mol. The summed E-state index contributed by atoms with van der Waals surface area (Å²) >= 11 is 1.58. The summed E-state index contributed by atoms with van der Waals surface area (Å²) in [6.07, 6.45) is 6.64. The van der Waals surface area contributed by atoms with E-state index < -0.39 is 10.0 Å². The Balaban J connectivity index is 1.34. The summed E-state index contributed by atoms with van der Waals surface area (Å²) in [6.45, 7) is 0.471. The molecule has 0 radical (unpaired) electrons. The van der Waals surface area contributed by atoms with E-state index in [1.54, 1.807) is 29.5 Å². The number of anilines is 2. The highest BCUT2D eigenvalue weighted by molar-refractivity contribution is 7.92. The second-order valence-corrected chi connectivity index (χ2v) is 10.3. The van der Waals surface area contributed by atoms with Crippen LogP contribution in [0.2, 0.25) is 0 Å². The highest BCUT2D eigenvalue weighted by atomic mass is 32.2. The van der Waals surface area contributed by atoms with Crippen LogP contribution < -0.4 is 9.62 Å². The molecular weight excluding hydrogens is 432 g/mol. The lowest BCUT2D eigenvalue weighted by Crippen LogP contribution is -2.34. The number of nitrogens with zero attached hydrogens (tertiary/aromatic N) is 3. The first-order valence-electron chi connectivity index (χ1n) is 9.83. The largest absolute Gasteiger partial charge is 0.322 e. The van der Waals surface area contributed by atoms with Crippen LogP contribution in [0.25, 0.3) is 16.2 Å². The Bertz CT molecular complexity index is 1360. The monoisotopic (exact) mass is 452 g/mol. The van der Waals surface area contributed by atoms with Crippen LogP contribution in [0.15, 0.2) is 60.2 Å². The van der Waals surface area contributed by atoms with Gasteiger partial charge >= 0.3 is 0 Å². The molecule has 0 fully saturated rings. The number of hydrogen-bond donors (Lipinski definition) is 1. The Kier molecular flexibility index (Phi) is 4.79. The van der Waals surface area contributed by atoms with E-state index in [1.807, 2.05) is 46.4 Å². The first-order chi connectivity index (χ1) is 14.9. The van der Waals surface area contributed by atoms with Crippen LogP contribution in [0.5, 0.6) is 0 Å². The number of rotatable bonds is 4. The smallest absolute Gasteiger partial charge is 0.255 e. The molecule has 1 aliphatic rings. The zero-order valence-corrected chi connectivity index (χ0v) is 18.4. The molecule has 0 saturated carbocycles. The number of carbonyl (C=O) groups is 1. The van der Waals surface area contributed by atoms with E-state index >= 15 is 0 Å². The molecule has 0 saturated heterocycles. The number of carbonyl (C=O) groups excluding carboxylic acids is 1. The Morgan fingerprint density at radius 1 is 1.16 bits per heavy atom. The van der Waals surface area contributed by atoms with Gasteiger partial charge in [0.1, 0.15) is 0 Å². The maximum absolute atomic E-state index is 12.8. The van der Waals surface area contributed by atoms with Gasteiger partial charge in [-0.3, -0.25) is 13.5 Å². The van der Waals surface area contributed by atoms with Gasteiger partial charge in [-0.2, -0.15) is 0 Å². The van der Waals surface area contributed by atoms with Crippen molar-refractivity contribution in [1.82, 2.24) is 9.38 Å². The van der Waals surface area contributed by atoms with Crippen molar-refractivity contribution in [2.24, 2.45) is 0 Å². The Morgan fingerprint density at radius 3 is 2.71 bits per heavy atom. The molecule has 2 aromatic carbocycles. The maximum Gasteiger partial charge on any atom is 0.255 e. The minimum absolute atomic E-state index is 0.227. The third kappa shape index (κ3) is 3.82. The third-order valence-electron chi connectivity index (χ3n) is 5.35. The molecule has 0 spiro atoms. The molecule has 4 aromatic rings. The number of hydrogen-bond acceptors (Lipinski definition) is 5. The van der Waals surface area contributed by atoms with Gasteiger partial charge in [0.2, 0.25) is 10.0 Å². The van der Waals surface area contributed by atoms with Crippen molar-refractivity contribution in [2.45, 2.75) is 12.8 Å². The molecule has 31 heavy (non-hydrogen) atoms. The first kappa shape index (κ1) is 19.8. The van der Waals surface area contributed by atoms with Gasteiger partial charge in [0.15, 0.2) is 4.96 Å². The van der Waals surface area contributed by atoms with E-state index in [0.29, 0.717) is 23.5 Å². The number of thiazole rings is 1. The lowest BCUT2D eigenvalue weighted by molar-refractivity contribution is 0.102. The number of benzene rings is 2. The van der Waals surface area contributed by atoms with Crippen LogP contribution in [-0.4, -0.2) is 36.5 Å². The van der Waals surface area contributed by atoms with Gasteiger partial charge in [-0.1, -0.05) is 12.1 Å². The number of sulfonamides is 1. The van der Waals surface area contributed by atoms with Gasteiger partial charge in [-0.05, 0) is 48.7 Å². The second-order valence-electron chi connectivity index (χ2n) is 7.53. The SMILES string of the molecule is CS(=O)(=O)N1CCCc2cc(C(=O)Nc3ccc(-c4cn5ccsc5n4)cc3)ccc21. The van der Waals surface area contributed by atoms with Crippen molar-refractivity contribution in [3.63, 3.8) is 0 Å². The molecule has 3 heterocycles. The van der Waals surface area contributed by atoms with Gasteiger partial charge in [-0.25, -0.2) is 13.4 Å². The molecule has 9 heteroatoms. The van der Waals surface area contributed by atoms with Crippen LogP contribution in [0.1, 0.15) is 22.3 Å². The summed E-state index contributed by atoms with van der Waals surface area (Å²) in [4.78, 5) is 18.3. The molecule has 7 nitrogen and oxygen atoms in total. The minimum Gasteiger partial charge on any atom is -0.322 e. The van der Waals surface area contributed by atoms with E-state index in [4.69, 9.17) is 0 Å². The van der Waals surface area contributed by atoms with Crippen molar-refractivity contribution in [3.05, 3.63) is 71.4 Å². The van der Waals surface area contributed by atoms with Crippen LogP contribution in [0.4, 0.5) is 11.4 Å². The summed E-state index contributed by atoms with van der Waals surface area (Å²) in [5.74, 6) is -0.227. The quantitative estimate of drug-likeness (QED) is 0.507. The van der Waals surface area contributed by atoms with E-state index in [1.165, 1.54) is 10.6 Å². The van der Waals surface area contributed by atoms with Crippen LogP contribution >= 0.6 is 11.3 Å². The predicted molar refractivity (Wildman–Crippen MR) is 123 cm³/mol. The normalized spacial score (nSPS) is 13.9. The van der Waals surface area contributed by atoms with Gasteiger partial charge in [0, 0.05) is 41.1 Å². The van der Waals surface area contributed by atoms with E-state index in [-0.39, 0.29) is 5.91 Å². The number of aryl methyl sites for hydroxylation is 1. The molecule has 1 amide bonds. The first-order valence-corrected chi connectivity index (χ1v) is 12.6. The second kappa shape index (κ2) is 7.51. The fourth-order valence-electron chi connectivity index (χ4n) is 3.84. The van der Waals surface area contributed by atoms with Gasteiger partial charge in [0.05, 0.1) is 17.6 Å². The van der Waals surface area contributed by atoms with Gasteiger partial charge < -0.3 is 5.32 Å². The summed E-state index contributed by atoms with van der Waals surface area (Å²) < 4.78 is 27.4. The lowest BCUT2D eigenvalue weighted by atomic mass is 10.0. The molecule has 5 rings (SSSR count). The zero-order valence-electron chi connectivity index (χ0n) is 16.8. The maximum atomic E-state index is 12.8. The van der Waals surface area contributed by atoms with Crippen molar-refractivity contribution < 1.29 is 13.2 Å². The molecule has 0 unspecified atom stereocenters. The highest BCUT2D eigenvalue weighted by Crippen LogP contribution is 2.30. The van der Waals surface area contributed by atoms with Gasteiger partial charge in [0.25, 0.3) is 5.91 Å². The Hall–Kier alpha value is -3.17. The standard InChI is InChI=1S/C22H20N4O3S2/c1-31(28,29)26-10-2-3-16-13-17(6-9-20(16)26)21(27)23-18-7-4-15(5-8-18)19-14-25-11-12-30-22(25)24-19/h4-9,11-14H,2-3,10H2,1H3,(H,23,27). The van der Waals surface area contributed by atoms with Crippen molar-refractivity contribution in [3.8, 4) is 11.3 Å². The number of amides is 1. The predicted octanol–water partition coefficient (Wildman–Crippen LogP) is 4.03. The fourth-order valence-corrected chi connectivity index (χ4v) is 5.54. The molecule has 1 N–H and O–H groups in total. The topological polar surface area (TPSA) is 83.8 Å². The molecule has 0 aliphatic carbocycles. The van der Waals surface area contributed by atoms with E-state index in [9.17, 15) is 13.2 Å². The fraction of sp³-hybridized carbons (Fsp3) is 0.182. The highest BCUT2D eigenvalue weighted by Gasteiger charge is 2.24. The summed E-state index contributed by atoms with van der Waals surface area (Å²) in [6, 6.07) is 12.7. The molecule has 0 bridgehead atoms. The number of nitrogens with one attached hydrogen (secondary N) is 1. The average Bonchev–Trinajstić information content (AvgIpc) is 3.35. The van der Waals surface area contributed by atoms with E-state index in [2.05, 4.69) is 10.3 Å². The summed E-state index contributed by atoms with van der Waals surface area (Å²) in [5, 5.41) is 4.90. The van der Waals surface area contributed by atoms with E-state index in [0.717, 1.165) is 34.6 Å².